The molecule has 2 aromatic carbocycles. The van der Waals surface area contributed by atoms with Gasteiger partial charge in [0.15, 0.2) is 11.6 Å². The molecule has 0 unspecified atom stereocenters. The molecule has 0 bridgehead atoms. The van der Waals surface area contributed by atoms with Crippen molar-refractivity contribution in [3.05, 3.63) is 48.3 Å². The van der Waals surface area contributed by atoms with Crippen LogP contribution in [-0.2, 0) is 0 Å². The Morgan fingerprint density at radius 1 is 0.821 bits per heavy atom. The van der Waals surface area contributed by atoms with Crippen molar-refractivity contribution in [1.82, 2.24) is 0 Å². The Bertz CT molecular complexity index is 751. The lowest BCUT2D eigenvalue weighted by molar-refractivity contribution is -0.274. The highest BCUT2D eigenvalue weighted by Gasteiger charge is 2.32. The molecule has 2 rings (SSSR count). The van der Waals surface area contributed by atoms with E-state index in [9.17, 15) is 17.6 Å². The quantitative estimate of drug-likeness (QED) is 0.605. The van der Waals surface area contributed by atoms with Gasteiger partial charge in [0.25, 0.3) is 0 Å². The summed E-state index contributed by atoms with van der Waals surface area (Å²) in [4.78, 5) is 0. The SMILES string of the molecule is CC(C)(O)C(C)(C)O.[B]c1ccc(Oc2ccc(OC(F)(F)F)cc2)c(F)c1. The van der Waals surface area contributed by atoms with E-state index in [-0.39, 0.29) is 22.7 Å². The molecule has 0 amide bonds. The predicted molar refractivity (Wildman–Crippen MR) is 97.6 cm³/mol. The van der Waals surface area contributed by atoms with E-state index in [1.54, 1.807) is 27.7 Å². The molecule has 0 aliphatic carbocycles. The van der Waals surface area contributed by atoms with Crippen LogP contribution in [0.1, 0.15) is 27.7 Å². The maximum absolute atomic E-state index is 13.5. The smallest absolute Gasteiger partial charge is 0.454 e. The first-order valence-electron chi connectivity index (χ1n) is 8.12. The summed E-state index contributed by atoms with van der Waals surface area (Å²) in [6, 6.07) is 8.45. The van der Waals surface area contributed by atoms with Crippen molar-refractivity contribution >= 4 is 13.3 Å². The molecule has 28 heavy (non-hydrogen) atoms. The average molecular weight is 400 g/mol. The van der Waals surface area contributed by atoms with Gasteiger partial charge in [0, 0.05) is 0 Å². The fraction of sp³-hybridized carbons (Fsp3) is 0.368. The van der Waals surface area contributed by atoms with Crippen molar-refractivity contribution in [3.8, 4) is 17.2 Å². The molecule has 0 saturated heterocycles. The minimum Gasteiger partial charge on any atom is -0.454 e. The van der Waals surface area contributed by atoms with E-state index in [1.807, 2.05) is 0 Å². The third kappa shape index (κ3) is 8.18. The Hall–Kier alpha value is -2.26. The number of hydrogen-bond donors (Lipinski definition) is 2. The molecule has 0 spiro atoms. The largest absolute Gasteiger partial charge is 0.573 e. The third-order valence-electron chi connectivity index (χ3n) is 3.74. The number of benzene rings is 2. The van der Waals surface area contributed by atoms with E-state index >= 15 is 0 Å². The summed E-state index contributed by atoms with van der Waals surface area (Å²) in [6.07, 6.45) is -4.76. The van der Waals surface area contributed by atoms with Crippen LogP contribution in [0.25, 0.3) is 0 Å². The van der Waals surface area contributed by atoms with E-state index in [0.717, 1.165) is 18.2 Å². The first kappa shape index (κ1) is 23.8. The van der Waals surface area contributed by atoms with Crippen molar-refractivity contribution in [2.75, 3.05) is 0 Å². The van der Waals surface area contributed by atoms with Crippen LogP contribution in [0.5, 0.6) is 17.2 Å². The summed E-state index contributed by atoms with van der Waals surface area (Å²) in [5.41, 5.74) is -1.77. The minimum absolute atomic E-state index is 0.0799. The van der Waals surface area contributed by atoms with Crippen molar-refractivity contribution in [3.63, 3.8) is 0 Å². The fourth-order valence-electron chi connectivity index (χ4n) is 1.44. The normalized spacial score (nSPS) is 12.1. The van der Waals surface area contributed by atoms with Gasteiger partial charge in [-0.1, -0.05) is 11.5 Å². The van der Waals surface area contributed by atoms with Crippen LogP contribution in [0.2, 0.25) is 0 Å². The van der Waals surface area contributed by atoms with E-state index in [1.165, 1.54) is 24.3 Å². The standard InChI is InChI=1S/C13H7BF4O2.C6H14O2/c14-8-1-6-12(11(15)7-8)19-9-2-4-10(5-3-9)20-13(16,17)18;1-5(2,7)6(3,4)8/h1-7H;7-8H,1-4H3. The Kier molecular flexibility index (Phi) is 7.50. The van der Waals surface area contributed by atoms with E-state index in [0.29, 0.717) is 0 Å². The average Bonchev–Trinajstić information content (AvgIpc) is 2.49. The number of halogens is 4. The first-order chi connectivity index (χ1) is 12.6. The molecule has 2 radical (unpaired) electrons. The van der Waals surface area contributed by atoms with Crippen LogP contribution in [0.4, 0.5) is 17.6 Å². The summed E-state index contributed by atoms with van der Waals surface area (Å²) in [6.45, 7) is 6.31. The van der Waals surface area contributed by atoms with Crippen molar-refractivity contribution < 1.29 is 37.2 Å². The zero-order chi connectivity index (χ0) is 21.8. The zero-order valence-corrected chi connectivity index (χ0v) is 15.8. The van der Waals surface area contributed by atoms with Crippen molar-refractivity contribution in [1.29, 1.82) is 0 Å². The van der Waals surface area contributed by atoms with E-state index < -0.39 is 23.4 Å². The Labute approximate surface area is 162 Å². The van der Waals surface area contributed by atoms with E-state index in [4.69, 9.17) is 22.8 Å². The summed E-state index contributed by atoms with van der Waals surface area (Å²) in [5.74, 6) is -0.963. The molecule has 4 nitrogen and oxygen atoms in total. The summed E-state index contributed by atoms with van der Waals surface area (Å²) >= 11 is 0. The monoisotopic (exact) mass is 400 g/mol. The fourth-order valence-corrected chi connectivity index (χ4v) is 1.44. The van der Waals surface area contributed by atoms with Gasteiger partial charge >= 0.3 is 6.36 Å². The van der Waals surface area contributed by atoms with Crippen LogP contribution in [0, 0.1) is 5.82 Å². The molecular formula is C19H21BF4O4. The Morgan fingerprint density at radius 3 is 1.68 bits per heavy atom. The maximum Gasteiger partial charge on any atom is 0.573 e. The van der Waals surface area contributed by atoms with Crippen molar-refractivity contribution in [2.24, 2.45) is 0 Å². The van der Waals surface area contributed by atoms with Gasteiger partial charge in [0.05, 0.1) is 11.2 Å². The van der Waals surface area contributed by atoms with Gasteiger partial charge in [-0.3, -0.25) is 0 Å². The summed E-state index contributed by atoms with van der Waals surface area (Å²) < 4.78 is 58.2. The lowest BCUT2D eigenvalue weighted by Crippen LogP contribution is -2.44. The minimum atomic E-state index is -4.76. The molecule has 2 aromatic rings. The van der Waals surface area contributed by atoms with Gasteiger partial charge in [-0.15, -0.1) is 13.2 Å². The zero-order valence-electron chi connectivity index (χ0n) is 15.8. The second kappa shape index (κ2) is 8.83. The van der Waals surface area contributed by atoms with Crippen LogP contribution < -0.4 is 14.9 Å². The topological polar surface area (TPSA) is 58.9 Å². The summed E-state index contributed by atoms with van der Waals surface area (Å²) in [5, 5.41) is 18.2. The molecule has 0 aliphatic rings. The van der Waals surface area contributed by atoms with Gasteiger partial charge in [-0.2, -0.15) is 0 Å². The Morgan fingerprint density at radius 2 is 1.29 bits per heavy atom. The molecule has 0 atom stereocenters. The van der Waals surface area contributed by atoms with E-state index in [2.05, 4.69) is 4.74 Å². The van der Waals surface area contributed by atoms with Gasteiger partial charge in [0.2, 0.25) is 0 Å². The molecule has 0 heterocycles. The molecule has 0 aromatic heterocycles. The number of rotatable bonds is 4. The molecule has 9 heteroatoms. The highest BCUT2D eigenvalue weighted by molar-refractivity contribution is 6.32. The highest BCUT2D eigenvalue weighted by Crippen LogP contribution is 2.28. The van der Waals surface area contributed by atoms with Crippen LogP contribution in [0.15, 0.2) is 42.5 Å². The Balaban J connectivity index is 0.000000416. The maximum atomic E-state index is 13.5. The van der Waals surface area contributed by atoms with Crippen LogP contribution in [-0.4, -0.2) is 35.6 Å². The second-order valence-electron chi connectivity index (χ2n) is 6.93. The molecule has 2 N–H and O–H groups in total. The second-order valence-corrected chi connectivity index (χ2v) is 6.93. The number of aliphatic hydroxyl groups is 2. The highest BCUT2D eigenvalue weighted by atomic mass is 19.4. The molecule has 152 valence electrons. The number of ether oxygens (including phenoxy) is 2. The molecule has 0 aliphatic heterocycles. The lowest BCUT2D eigenvalue weighted by Gasteiger charge is -2.31. The number of alkyl halides is 3. The van der Waals surface area contributed by atoms with Gasteiger partial charge in [0.1, 0.15) is 19.3 Å². The predicted octanol–water partition coefficient (Wildman–Crippen LogP) is 3.84. The van der Waals surface area contributed by atoms with Gasteiger partial charge < -0.3 is 19.7 Å². The van der Waals surface area contributed by atoms with Gasteiger partial charge in [-0.05, 0) is 64.1 Å². The first-order valence-corrected chi connectivity index (χ1v) is 8.12. The third-order valence-corrected chi connectivity index (χ3v) is 3.74. The van der Waals surface area contributed by atoms with Crippen molar-refractivity contribution in [2.45, 2.75) is 45.3 Å². The number of hydrogen-bond acceptors (Lipinski definition) is 4. The van der Waals surface area contributed by atoms with Crippen LogP contribution in [0.3, 0.4) is 0 Å². The molecule has 0 fully saturated rings. The van der Waals surface area contributed by atoms with Gasteiger partial charge in [-0.25, -0.2) is 4.39 Å². The lowest BCUT2D eigenvalue weighted by atomic mass is 9.90. The molecule has 0 saturated carbocycles. The molecular weight excluding hydrogens is 379 g/mol. The van der Waals surface area contributed by atoms with Crippen LogP contribution >= 0.6 is 0 Å². The summed E-state index contributed by atoms with van der Waals surface area (Å²) in [7, 11) is 5.38.